The average Bonchev–Trinajstić information content (AvgIpc) is 2.52. The molecule has 8 heteroatoms. The Balaban J connectivity index is 1.76. The van der Waals surface area contributed by atoms with Crippen LogP contribution >= 0.6 is 0 Å². The number of morpholine rings is 1. The molecule has 0 unspecified atom stereocenters. The van der Waals surface area contributed by atoms with Gasteiger partial charge in [-0.05, 0) is 37.6 Å². The van der Waals surface area contributed by atoms with Crippen molar-refractivity contribution in [3.05, 3.63) is 30.1 Å². The maximum absolute atomic E-state index is 12.8. The van der Waals surface area contributed by atoms with Crippen molar-refractivity contribution >= 4 is 15.9 Å². The number of benzene rings is 1. The molecule has 0 bridgehead atoms. The molecule has 0 spiro atoms. The first kappa shape index (κ1) is 17.8. The number of amides is 1. The Morgan fingerprint density at radius 2 is 2.09 bits per heavy atom. The molecule has 0 radical (unpaired) electrons. The van der Waals surface area contributed by atoms with Crippen molar-refractivity contribution in [2.24, 2.45) is 0 Å². The monoisotopic (exact) mass is 344 g/mol. The van der Waals surface area contributed by atoms with Crippen molar-refractivity contribution in [3.63, 3.8) is 0 Å². The minimum Gasteiger partial charge on any atom is -0.375 e. The standard InChI is InChI=1S/C15H21FN2O4S/c1-12-11-18(9-10-22-12)15(19)3-2-8-17-23(20,21)14-6-4-13(16)5-7-14/h4-7,12,17H,2-3,8-11H2,1H3/t12-/m1/s1. The fourth-order valence-electron chi connectivity index (χ4n) is 2.35. The highest BCUT2D eigenvalue weighted by Crippen LogP contribution is 2.10. The van der Waals surface area contributed by atoms with E-state index in [1.807, 2.05) is 6.92 Å². The Kier molecular flexibility index (Phi) is 6.09. The Morgan fingerprint density at radius 3 is 2.74 bits per heavy atom. The number of halogens is 1. The third kappa shape index (κ3) is 5.26. The van der Waals surface area contributed by atoms with E-state index in [1.54, 1.807) is 4.90 Å². The quantitative estimate of drug-likeness (QED) is 0.785. The normalized spacial score (nSPS) is 18.9. The van der Waals surface area contributed by atoms with Crippen molar-refractivity contribution in [2.45, 2.75) is 30.8 Å². The fraction of sp³-hybridized carbons (Fsp3) is 0.533. The molecule has 1 aliphatic rings. The zero-order valence-electron chi connectivity index (χ0n) is 13.0. The highest BCUT2D eigenvalue weighted by atomic mass is 32.2. The average molecular weight is 344 g/mol. The number of hydrogen-bond acceptors (Lipinski definition) is 4. The molecule has 128 valence electrons. The third-order valence-corrected chi connectivity index (χ3v) is 5.05. The van der Waals surface area contributed by atoms with Crippen LogP contribution in [0.4, 0.5) is 4.39 Å². The first-order chi connectivity index (χ1) is 10.9. The molecule has 1 aromatic rings. The van der Waals surface area contributed by atoms with Gasteiger partial charge in [0.15, 0.2) is 0 Å². The predicted molar refractivity (Wildman–Crippen MR) is 82.8 cm³/mol. The third-order valence-electron chi connectivity index (χ3n) is 3.58. The van der Waals surface area contributed by atoms with Gasteiger partial charge in [-0.15, -0.1) is 0 Å². The van der Waals surface area contributed by atoms with E-state index in [4.69, 9.17) is 4.74 Å². The van der Waals surface area contributed by atoms with Gasteiger partial charge in [0.25, 0.3) is 0 Å². The highest BCUT2D eigenvalue weighted by Gasteiger charge is 2.21. The molecule has 1 atom stereocenters. The van der Waals surface area contributed by atoms with Gasteiger partial charge in [-0.1, -0.05) is 0 Å². The largest absolute Gasteiger partial charge is 0.375 e. The minimum atomic E-state index is -3.67. The molecule has 1 aliphatic heterocycles. The van der Waals surface area contributed by atoms with E-state index in [0.29, 0.717) is 26.1 Å². The van der Waals surface area contributed by atoms with E-state index in [9.17, 15) is 17.6 Å². The van der Waals surface area contributed by atoms with Crippen molar-refractivity contribution in [3.8, 4) is 0 Å². The summed E-state index contributed by atoms with van der Waals surface area (Å²) in [5.41, 5.74) is 0. The second kappa shape index (κ2) is 7.85. The Bertz CT molecular complexity index is 633. The molecule has 1 amide bonds. The van der Waals surface area contributed by atoms with Crippen molar-refractivity contribution in [1.29, 1.82) is 0 Å². The minimum absolute atomic E-state index is 0.00105. The molecule has 2 rings (SSSR count). The van der Waals surface area contributed by atoms with Crippen molar-refractivity contribution in [1.82, 2.24) is 9.62 Å². The zero-order valence-corrected chi connectivity index (χ0v) is 13.8. The number of nitrogens with zero attached hydrogens (tertiary/aromatic N) is 1. The van der Waals surface area contributed by atoms with Gasteiger partial charge in [0.2, 0.25) is 15.9 Å². The molecule has 1 aromatic carbocycles. The smallest absolute Gasteiger partial charge is 0.240 e. The summed E-state index contributed by atoms with van der Waals surface area (Å²) < 4.78 is 44.6. The number of ether oxygens (including phenoxy) is 1. The van der Waals surface area contributed by atoms with Gasteiger partial charge in [-0.3, -0.25) is 4.79 Å². The molecular weight excluding hydrogens is 323 g/mol. The summed E-state index contributed by atoms with van der Waals surface area (Å²) >= 11 is 0. The maximum atomic E-state index is 12.8. The van der Waals surface area contributed by atoms with Gasteiger partial charge in [-0.2, -0.15) is 0 Å². The number of hydrogen-bond donors (Lipinski definition) is 1. The topological polar surface area (TPSA) is 75.7 Å². The number of nitrogens with one attached hydrogen (secondary N) is 1. The Morgan fingerprint density at radius 1 is 1.39 bits per heavy atom. The molecule has 0 aromatic heterocycles. The Hall–Kier alpha value is -1.51. The molecule has 23 heavy (non-hydrogen) atoms. The summed E-state index contributed by atoms with van der Waals surface area (Å²) in [4.78, 5) is 13.8. The van der Waals surface area contributed by atoms with E-state index in [-0.39, 0.29) is 29.9 Å². The van der Waals surface area contributed by atoms with Crippen LogP contribution in [0.3, 0.4) is 0 Å². The van der Waals surface area contributed by atoms with E-state index in [2.05, 4.69) is 4.72 Å². The van der Waals surface area contributed by atoms with E-state index >= 15 is 0 Å². The Labute approximate surface area is 135 Å². The van der Waals surface area contributed by atoms with Gasteiger partial charge in [0.05, 0.1) is 17.6 Å². The summed E-state index contributed by atoms with van der Waals surface area (Å²) in [6, 6.07) is 4.60. The molecule has 1 heterocycles. The lowest BCUT2D eigenvalue weighted by Gasteiger charge is -2.31. The molecule has 0 saturated carbocycles. The van der Waals surface area contributed by atoms with Crippen LogP contribution in [0.2, 0.25) is 0 Å². The lowest BCUT2D eigenvalue weighted by atomic mass is 10.2. The molecule has 1 N–H and O–H groups in total. The summed E-state index contributed by atoms with van der Waals surface area (Å²) in [5.74, 6) is -0.490. The van der Waals surface area contributed by atoms with Crippen LogP contribution in [-0.2, 0) is 19.6 Å². The van der Waals surface area contributed by atoms with Crippen LogP contribution in [-0.4, -0.2) is 51.6 Å². The summed E-state index contributed by atoms with van der Waals surface area (Å²) in [6.07, 6.45) is 0.716. The summed E-state index contributed by atoms with van der Waals surface area (Å²) in [6.45, 7) is 3.75. The van der Waals surface area contributed by atoms with E-state index in [1.165, 1.54) is 12.1 Å². The molecule has 1 saturated heterocycles. The van der Waals surface area contributed by atoms with Crippen LogP contribution in [0.25, 0.3) is 0 Å². The van der Waals surface area contributed by atoms with Gasteiger partial charge in [0.1, 0.15) is 5.82 Å². The number of carbonyl (C=O) groups is 1. The van der Waals surface area contributed by atoms with Gasteiger partial charge >= 0.3 is 0 Å². The first-order valence-electron chi connectivity index (χ1n) is 7.53. The molecule has 0 aliphatic carbocycles. The van der Waals surface area contributed by atoms with Crippen LogP contribution in [0, 0.1) is 5.82 Å². The van der Waals surface area contributed by atoms with Crippen molar-refractivity contribution in [2.75, 3.05) is 26.2 Å². The lowest BCUT2D eigenvalue weighted by Crippen LogP contribution is -2.44. The highest BCUT2D eigenvalue weighted by molar-refractivity contribution is 7.89. The second-order valence-electron chi connectivity index (χ2n) is 5.48. The molecule has 6 nitrogen and oxygen atoms in total. The van der Waals surface area contributed by atoms with Gasteiger partial charge in [0, 0.05) is 26.1 Å². The number of rotatable bonds is 6. The maximum Gasteiger partial charge on any atom is 0.240 e. The molecular formula is C15H21FN2O4S. The number of sulfonamides is 1. The zero-order chi connectivity index (χ0) is 16.9. The van der Waals surface area contributed by atoms with E-state index < -0.39 is 15.8 Å². The van der Waals surface area contributed by atoms with Crippen LogP contribution in [0.15, 0.2) is 29.2 Å². The van der Waals surface area contributed by atoms with E-state index in [0.717, 1.165) is 12.1 Å². The fourth-order valence-corrected chi connectivity index (χ4v) is 3.42. The van der Waals surface area contributed by atoms with Crippen LogP contribution < -0.4 is 4.72 Å². The van der Waals surface area contributed by atoms with Crippen LogP contribution in [0.1, 0.15) is 19.8 Å². The van der Waals surface area contributed by atoms with Crippen LogP contribution in [0.5, 0.6) is 0 Å². The molecule has 1 fully saturated rings. The second-order valence-corrected chi connectivity index (χ2v) is 7.24. The SMILES string of the molecule is C[C@@H]1CN(C(=O)CCCNS(=O)(=O)c2ccc(F)cc2)CCO1. The first-order valence-corrected chi connectivity index (χ1v) is 9.01. The van der Waals surface area contributed by atoms with Gasteiger partial charge < -0.3 is 9.64 Å². The van der Waals surface area contributed by atoms with Crippen molar-refractivity contribution < 1.29 is 22.3 Å². The lowest BCUT2D eigenvalue weighted by molar-refractivity contribution is -0.138. The summed E-state index contributed by atoms with van der Waals surface area (Å²) in [7, 11) is -3.67. The summed E-state index contributed by atoms with van der Waals surface area (Å²) in [5, 5.41) is 0. The van der Waals surface area contributed by atoms with Gasteiger partial charge in [-0.25, -0.2) is 17.5 Å². The predicted octanol–water partition coefficient (Wildman–Crippen LogP) is 1.13. The number of carbonyl (C=O) groups excluding carboxylic acids is 1.